The first-order chi connectivity index (χ1) is 6.54. The molecule has 1 amide bonds. The lowest BCUT2D eigenvalue weighted by molar-refractivity contribution is 0.0911. The number of carbonyl (C=O) groups is 1. The number of halogens is 2. The average Bonchev–Trinajstić information content (AvgIpc) is 2.45. The molecule has 3 N–H and O–H groups in total. The second kappa shape index (κ2) is 6.15. The molecule has 1 rings (SSSR count). The largest absolute Gasteiger partial charge is 0.444 e. The van der Waals surface area contributed by atoms with Crippen molar-refractivity contribution in [1.82, 2.24) is 5.32 Å². The van der Waals surface area contributed by atoms with E-state index in [4.69, 9.17) is 10.2 Å². The molecule has 1 atom stereocenters. The van der Waals surface area contributed by atoms with E-state index >= 15 is 0 Å². The van der Waals surface area contributed by atoms with Gasteiger partial charge in [-0.2, -0.15) is 0 Å². The van der Waals surface area contributed by atoms with Crippen LogP contribution >= 0.6 is 28.3 Å². The Morgan fingerprint density at radius 1 is 1.73 bits per heavy atom. The van der Waals surface area contributed by atoms with Gasteiger partial charge < -0.3 is 15.5 Å². The van der Waals surface area contributed by atoms with Crippen LogP contribution in [0.3, 0.4) is 0 Å². The monoisotopic (exact) mass is 296 g/mol. The highest BCUT2D eigenvalue weighted by molar-refractivity contribution is 9.10. The third-order valence-corrected chi connectivity index (χ3v) is 2.22. The summed E-state index contributed by atoms with van der Waals surface area (Å²) < 4.78 is 5.74. The zero-order valence-corrected chi connectivity index (χ0v) is 10.9. The van der Waals surface area contributed by atoms with E-state index < -0.39 is 0 Å². The summed E-state index contributed by atoms with van der Waals surface area (Å²) in [4.78, 5) is 11.6. The Bertz CT molecular complexity index is 341. The highest BCUT2D eigenvalue weighted by atomic mass is 79.9. The predicted octanol–water partition coefficient (Wildman–Crippen LogP) is 1.85. The van der Waals surface area contributed by atoms with Gasteiger partial charge in [-0.1, -0.05) is 0 Å². The molecule has 0 radical (unpaired) electrons. The fourth-order valence-electron chi connectivity index (χ4n) is 1.02. The molecule has 4 nitrogen and oxygen atoms in total. The summed E-state index contributed by atoms with van der Waals surface area (Å²) in [6, 6.07) is 1.70. The Balaban J connectivity index is 0.00000196. The summed E-state index contributed by atoms with van der Waals surface area (Å²) in [5.41, 5.74) is 6.19. The predicted molar refractivity (Wildman–Crippen MR) is 64.4 cm³/mol. The SMILES string of the molecule is Cc1cc(Br)oc1C(=O)N[C@@H](C)CN.Cl. The summed E-state index contributed by atoms with van der Waals surface area (Å²) >= 11 is 3.16. The van der Waals surface area contributed by atoms with Crippen molar-refractivity contribution in [2.45, 2.75) is 19.9 Å². The first kappa shape index (κ1) is 14.5. The summed E-state index contributed by atoms with van der Waals surface area (Å²) in [6.45, 7) is 4.06. The van der Waals surface area contributed by atoms with E-state index in [9.17, 15) is 4.79 Å². The molecule has 0 spiro atoms. The van der Waals surface area contributed by atoms with Crippen LogP contribution in [0.15, 0.2) is 15.2 Å². The fourth-order valence-corrected chi connectivity index (χ4v) is 1.52. The van der Waals surface area contributed by atoms with Crippen LogP contribution in [0.1, 0.15) is 23.0 Å². The molecule has 0 bridgehead atoms. The Morgan fingerprint density at radius 3 is 2.73 bits per heavy atom. The van der Waals surface area contributed by atoms with Crippen molar-refractivity contribution in [3.05, 3.63) is 22.1 Å². The van der Waals surface area contributed by atoms with Gasteiger partial charge >= 0.3 is 0 Å². The van der Waals surface area contributed by atoms with Crippen LogP contribution in [0.5, 0.6) is 0 Å². The molecule has 86 valence electrons. The van der Waals surface area contributed by atoms with Gasteiger partial charge in [-0.3, -0.25) is 4.79 Å². The number of amides is 1. The first-order valence-electron chi connectivity index (χ1n) is 4.31. The average molecular weight is 298 g/mol. The summed E-state index contributed by atoms with van der Waals surface area (Å²) in [6.07, 6.45) is 0. The number of nitrogens with two attached hydrogens (primary N) is 1. The van der Waals surface area contributed by atoms with Gasteiger partial charge in [-0.15, -0.1) is 12.4 Å². The van der Waals surface area contributed by atoms with Gasteiger partial charge in [0, 0.05) is 18.2 Å². The van der Waals surface area contributed by atoms with Crippen LogP contribution in [-0.2, 0) is 0 Å². The van der Waals surface area contributed by atoms with Gasteiger partial charge in [0.15, 0.2) is 10.4 Å². The molecule has 0 unspecified atom stereocenters. The van der Waals surface area contributed by atoms with Crippen molar-refractivity contribution in [1.29, 1.82) is 0 Å². The maximum Gasteiger partial charge on any atom is 0.287 e. The van der Waals surface area contributed by atoms with Crippen LogP contribution in [0, 0.1) is 6.92 Å². The van der Waals surface area contributed by atoms with Crippen LogP contribution in [-0.4, -0.2) is 18.5 Å². The van der Waals surface area contributed by atoms with Crippen LogP contribution < -0.4 is 11.1 Å². The lowest BCUT2D eigenvalue weighted by Crippen LogP contribution is -2.37. The van der Waals surface area contributed by atoms with E-state index in [1.165, 1.54) is 0 Å². The van der Waals surface area contributed by atoms with Gasteiger partial charge in [0.25, 0.3) is 5.91 Å². The Kier molecular flexibility index (Phi) is 5.93. The van der Waals surface area contributed by atoms with Crippen LogP contribution in [0.25, 0.3) is 0 Å². The minimum atomic E-state index is -0.230. The smallest absolute Gasteiger partial charge is 0.287 e. The first-order valence-corrected chi connectivity index (χ1v) is 5.10. The fraction of sp³-hybridized carbons (Fsp3) is 0.444. The maximum absolute atomic E-state index is 11.6. The Hall–Kier alpha value is -0.520. The molecule has 15 heavy (non-hydrogen) atoms. The van der Waals surface area contributed by atoms with Crippen LogP contribution in [0.2, 0.25) is 0 Å². The Morgan fingerprint density at radius 2 is 2.33 bits per heavy atom. The van der Waals surface area contributed by atoms with Crippen molar-refractivity contribution >= 4 is 34.2 Å². The molecule has 1 aromatic heterocycles. The number of hydrogen-bond donors (Lipinski definition) is 2. The van der Waals surface area contributed by atoms with Gasteiger partial charge in [0.1, 0.15) is 0 Å². The minimum Gasteiger partial charge on any atom is -0.444 e. The molecule has 6 heteroatoms. The number of aryl methyl sites for hydroxylation is 1. The lowest BCUT2D eigenvalue weighted by Gasteiger charge is -2.09. The van der Waals surface area contributed by atoms with E-state index in [-0.39, 0.29) is 24.4 Å². The number of nitrogens with one attached hydrogen (secondary N) is 1. The molecule has 0 saturated carbocycles. The standard InChI is InChI=1S/C9H13BrN2O2.ClH/c1-5-3-7(10)14-8(5)9(13)12-6(2)4-11;/h3,6H,4,11H2,1-2H3,(H,12,13);1H/t6-;/m0./s1. The zero-order chi connectivity index (χ0) is 10.7. The third kappa shape index (κ3) is 3.85. The summed E-state index contributed by atoms with van der Waals surface area (Å²) in [7, 11) is 0. The minimum absolute atomic E-state index is 0. The van der Waals surface area contributed by atoms with Crippen molar-refractivity contribution in [2.75, 3.05) is 6.54 Å². The van der Waals surface area contributed by atoms with Gasteiger partial charge in [-0.25, -0.2) is 0 Å². The zero-order valence-electron chi connectivity index (χ0n) is 8.54. The van der Waals surface area contributed by atoms with E-state index in [2.05, 4.69) is 21.2 Å². The summed E-state index contributed by atoms with van der Waals surface area (Å²) in [5, 5.41) is 2.72. The quantitative estimate of drug-likeness (QED) is 0.894. The summed E-state index contributed by atoms with van der Waals surface area (Å²) in [5.74, 6) is 0.100. The topological polar surface area (TPSA) is 68.3 Å². The lowest BCUT2D eigenvalue weighted by atomic mass is 10.2. The van der Waals surface area contributed by atoms with E-state index in [0.717, 1.165) is 5.56 Å². The Labute approximate surface area is 103 Å². The van der Waals surface area contributed by atoms with E-state index in [0.29, 0.717) is 17.0 Å². The molecule has 0 aromatic carbocycles. The normalized spacial score (nSPS) is 11.7. The molecular formula is C9H14BrClN2O2. The molecule has 1 aromatic rings. The van der Waals surface area contributed by atoms with Gasteiger partial charge in [-0.05, 0) is 35.8 Å². The van der Waals surface area contributed by atoms with E-state index in [1.54, 1.807) is 6.07 Å². The molecule has 0 saturated heterocycles. The van der Waals surface area contributed by atoms with Crippen molar-refractivity contribution in [3.8, 4) is 0 Å². The van der Waals surface area contributed by atoms with Gasteiger partial charge in [0.2, 0.25) is 0 Å². The van der Waals surface area contributed by atoms with Crippen molar-refractivity contribution in [3.63, 3.8) is 0 Å². The maximum atomic E-state index is 11.6. The molecule has 0 aliphatic rings. The highest BCUT2D eigenvalue weighted by Crippen LogP contribution is 2.19. The molecule has 0 aliphatic heterocycles. The number of rotatable bonds is 3. The van der Waals surface area contributed by atoms with Crippen molar-refractivity contribution < 1.29 is 9.21 Å². The molecular weight excluding hydrogens is 283 g/mol. The number of hydrogen-bond acceptors (Lipinski definition) is 3. The van der Waals surface area contributed by atoms with Crippen LogP contribution in [0.4, 0.5) is 0 Å². The molecule has 0 aliphatic carbocycles. The number of carbonyl (C=O) groups excluding carboxylic acids is 1. The van der Waals surface area contributed by atoms with Crippen molar-refractivity contribution in [2.24, 2.45) is 5.73 Å². The molecule has 1 heterocycles. The third-order valence-electron chi connectivity index (χ3n) is 1.82. The second-order valence-electron chi connectivity index (χ2n) is 3.17. The van der Waals surface area contributed by atoms with E-state index in [1.807, 2.05) is 13.8 Å². The van der Waals surface area contributed by atoms with Gasteiger partial charge in [0.05, 0.1) is 0 Å². The highest BCUT2D eigenvalue weighted by Gasteiger charge is 2.15. The molecule has 0 fully saturated rings. The number of furan rings is 1. The second-order valence-corrected chi connectivity index (χ2v) is 3.95.